The summed E-state index contributed by atoms with van der Waals surface area (Å²) in [5.74, 6) is 0.0688. The van der Waals surface area contributed by atoms with E-state index in [1.165, 1.54) is 0 Å². The summed E-state index contributed by atoms with van der Waals surface area (Å²) in [6.45, 7) is 4.30. The van der Waals surface area contributed by atoms with Crippen molar-refractivity contribution in [2.75, 3.05) is 7.05 Å². The monoisotopic (exact) mass is 270 g/mol. The van der Waals surface area contributed by atoms with Gasteiger partial charge in [-0.25, -0.2) is 0 Å². The minimum absolute atomic E-state index is 0.0688. The Hall–Kier alpha value is -0.900. The number of carbonyl (C=O) groups excluding carboxylic acids is 1. The third kappa shape index (κ3) is 3.63. The first-order valence-corrected chi connectivity index (χ1v) is 5.54. The molecule has 1 aromatic heterocycles. The van der Waals surface area contributed by atoms with Gasteiger partial charge in [-0.15, -0.1) is 0 Å². The van der Waals surface area contributed by atoms with Gasteiger partial charge in [0.2, 0.25) is 5.91 Å². The number of rotatable bonds is 3. The quantitative estimate of drug-likeness (QED) is 0.790. The molecule has 0 radical (unpaired) electrons. The fourth-order valence-electron chi connectivity index (χ4n) is 1.29. The zero-order valence-electron chi connectivity index (χ0n) is 9.20. The van der Waals surface area contributed by atoms with E-state index < -0.39 is 4.32 Å². The number of alkyl halides is 1. The van der Waals surface area contributed by atoms with E-state index in [9.17, 15) is 4.79 Å². The van der Waals surface area contributed by atoms with E-state index in [1.54, 1.807) is 24.3 Å². The Balaban J connectivity index is 2.65. The summed E-state index contributed by atoms with van der Waals surface area (Å²) in [6, 6.07) is 3.82. The summed E-state index contributed by atoms with van der Waals surface area (Å²) in [5, 5.41) is 0. The molecule has 0 spiro atoms. The van der Waals surface area contributed by atoms with Crippen LogP contribution in [0.25, 0.3) is 0 Å². The summed E-state index contributed by atoms with van der Waals surface area (Å²) in [7, 11) is 1.80. The largest absolute Gasteiger partial charge is 0.340 e. The Kier molecular flexibility index (Phi) is 3.85. The molecule has 82 valence electrons. The van der Waals surface area contributed by atoms with Crippen molar-refractivity contribution in [1.29, 1.82) is 0 Å². The van der Waals surface area contributed by atoms with Gasteiger partial charge in [0, 0.05) is 26.0 Å². The Morgan fingerprint density at radius 3 is 2.47 bits per heavy atom. The SMILES string of the molecule is CN(Cc1ccncc1)C(=O)C(C)(C)Br. The second-order valence-corrected chi connectivity index (χ2v) is 5.97. The zero-order valence-corrected chi connectivity index (χ0v) is 10.8. The van der Waals surface area contributed by atoms with Crippen LogP contribution in [0.5, 0.6) is 0 Å². The van der Waals surface area contributed by atoms with E-state index in [2.05, 4.69) is 20.9 Å². The lowest BCUT2D eigenvalue weighted by molar-refractivity contribution is -0.131. The van der Waals surface area contributed by atoms with Crippen LogP contribution in [0.4, 0.5) is 0 Å². The molecule has 0 aliphatic heterocycles. The van der Waals surface area contributed by atoms with Gasteiger partial charge in [0.25, 0.3) is 0 Å². The predicted molar refractivity (Wildman–Crippen MR) is 63.7 cm³/mol. The second-order valence-electron chi connectivity index (χ2n) is 3.99. The van der Waals surface area contributed by atoms with Gasteiger partial charge in [0.1, 0.15) is 0 Å². The number of nitrogens with zero attached hydrogens (tertiary/aromatic N) is 2. The highest BCUT2D eigenvalue weighted by Gasteiger charge is 2.26. The average molecular weight is 271 g/mol. The molecule has 1 heterocycles. The number of halogens is 1. The van der Waals surface area contributed by atoms with Crippen molar-refractivity contribution >= 4 is 21.8 Å². The molecule has 15 heavy (non-hydrogen) atoms. The molecular weight excluding hydrogens is 256 g/mol. The van der Waals surface area contributed by atoms with Gasteiger partial charge in [0.05, 0.1) is 4.32 Å². The lowest BCUT2D eigenvalue weighted by atomic mass is 10.1. The van der Waals surface area contributed by atoms with Crippen LogP contribution in [0.3, 0.4) is 0 Å². The lowest BCUT2D eigenvalue weighted by Gasteiger charge is -2.24. The van der Waals surface area contributed by atoms with E-state index >= 15 is 0 Å². The van der Waals surface area contributed by atoms with Crippen molar-refractivity contribution in [2.45, 2.75) is 24.7 Å². The van der Waals surface area contributed by atoms with Crippen molar-refractivity contribution < 1.29 is 4.79 Å². The summed E-state index contributed by atoms with van der Waals surface area (Å²) >= 11 is 3.35. The smallest absolute Gasteiger partial charge is 0.238 e. The number of pyridine rings is 1. The molecule has 3 nitrogen and oxygen atoms in total. The number of carbonyl (C=O) groups is 1. The van der Waals surface area contributed by atoms with E-state index in [1.807, 2.05) is 26.0 Å². The van der Waals surface area contributed by atoms with Gasteiger partial charge >= 0.3 is 0 Å². The number of hydrogen-bond donors (Lipinski definition) is 0. The summed E-state index contributed by atoms with van der Waals surface area (Å²) < 4.78 is -0.505. The highest BCUT2D eigenvalue weighted by Crippen LogP contribution is 2.19. The molecular formula is C11H15BrN2O. The van der Waals surface area contributed by atoms with Crippen LogP contribution in [0.15, 0.2) is 24.5 Å². The molecule has 1 rings (SSSR count). The summed E-state index contributed by atoms with van der Waals surface area (Å²) in [4.78, 5) is 17.5. The summed E-state index contributed by atoms with van der Waals surface area (Å²) in [5.41, 5.74) is 1.08. The topological polar surface area (TPSA) is 33.2 Å². The molecule has 1 aromatic rings. The van der Waals surface area contributed by atoms with Crippen LogP contribution in [0, 0.1) is 0 Å². The fourth-order valence-corrected chi connectivity index (χ4v) is 1.59. The molecule has 0 unspecified atom stereocenters. The Morgan fingerprint density at radius 2 is 2.00 bits per heavy atom. The molecule has 0 saturated heterocycles. The van der Waals surface area contributed by atoms with Crippen LogP contribution >= 0.6 is 15.9 Å². The van der Waals surface area contributed by atoms with Crippen molar-refractivity contribution in [3.63, 3.8) is 0 Å². The average Bonchev–Trinajstić information content (AvgIpc) is 2.16. The van der Waals surface area contributed by atoms with E-state index in [0.29, 0.717) is 6.54 Å². The second kappa shape index (κ2) is 4.75. The first-order chi connectivity index (χ1) is 6.91. The molecule has 0 aromatic carbocycles. The Labute approximate surface area is 98.6 Å². The van der Waals surface area contributed by atoms with Crippen LogP contribution in [0.2, 0.25) is 0 Å². The number of amides is 1. The summed E-state index contributed by atoms with van der Waals surface area (Å²) in [6.07, 6.45) is 3.46. The first kappa shape index (κ1) is 12.2. The maximum Gasteiger partial charge on any atom is 0.238 e. The highest BCUT2D eigenvalue weighted by molar-refractivity contribution is 9.10. The van der Waals surface area contributed by atoms with Crippen molar-refractivity contribution in [3.05, 3.63) is 30.1 Å². The molecule has 4 heteroatoms. The zero-order chi connectivity index (χ0) is 11.5. The molecule has 0 aliphatic rings. The Bertz CT molecular complexity index is 332. The van der Waals surface area contributed by atoms with E-state index in [0.717, 1.165) is 5.56 Å². The van der Waals surface area contributed by atoms with Gasteiger partial charge in [0.15, 0.2) is 0 Å². The maximum absolute atomic E-state index is 11.8. The van der Waals surface area contributed by atoms with Crippen molar-refractivity contribution in [2.24, 2.45) is 0 Å². The maximum atomic E-state index is 11.8. The van der Waals surface area contributed by atoms with Gasteiger partial charge in [-0.3, -0.25) is 9.78 Å². The molecule has 0 atom stereocenters. The van der Waals surface area contributed by atoms with Crippen LogP contribution in [-0.4, -0.2) is 27.2 Å². The number of hydrogen-bond acceptors (Lipinski definition) is 2. The third-order valence-electron chi connectivity index (χ3n) is 2.02. The molecule has 0 N–H and O–H groups in total. The molecule has 0 fully saturated rings. The number of aromatic nitrogens is 1. The molecule has 0 saturated carbocycles. The van der Waals surface area contributed by atoms with Crippen LogP contribution in [0.1, 0.15) is 19.4 Å². The normalized spacial score (nSPS) is 11.2. The van der Waals surface area contributed by atoms with Gasteiger partial charge in [-0.1, -0.05) is 15.9 Å². The molecule has 1 amide bonds. The van der Waals surface area contributed by atoms with Crippen molar-refractivity contribution in [1.82, 2.24) is 9.88 Å². The van der Waals surface area contributed by atoms with Gasteiger partial charge in [-0.2, -0.15) is 0 Å². The van der Waals surface area contributed by atoms with E-state index in [4.69, 9.17) is 0 Å². The molecule has 0 aliphatic carbocycles. The minimum atomic E-state index is -0.505. The van der Waals surface area contributed by atoms with Crippen LogP contribution < -0.4 is 0 Å². The fraction of sp³-hybridized carbons (Fsp3) is 0.455. The lowest BCUT2D eigenvalue weighted by Crippen LogP contribution is -2.38. The minimum Gasteiger partial charge on any atom is -0.340 e. The Morgan fingerprint density at radius 1 is 1.47 bits per heavy atom. The van der Waals surface area contributed by atoms with Crippen molar-refractivity contribution in [3.8, 4) is 0 Å². The third-order valence-corrected chi connectivity index (χ3v) is 2.36. The van der Waals surface area contributed by atoms with Gasteiger partial charge in [-0.05, 0) is 31.5 Å². The van der Waals surface area contributed by atoms with E-state index in [-0.39, 0.29) is 5.91 Å². The van der Waals surface area contributed by atoms with Gasteiger partial charge < -0.3 is 4.90 Å². The molecule has 0 bridgehead atoms. The van der Waals surface area contributed by atoms with Crippen LogP contribution in [-0.2, 0) is 11.3 Å². The highest BCUT2D eigenvalue weighted by atomic mass is 79.9. The predicted octanol–water partition coefficient (Wildman–Crippen LogP) is 2.21. The standard InChI is InChI=1S/C11H15BrN2O/c1-11(2,12)10(15)14(3)8-9-4-6-13-7-5-9/h4-7H,8H2,1-3H3. The first-order valence-electron chi connectivity index (χ1n) is 4.74.